The van der Waals surface area contributed by atoms with Gasteiger partial charge in [0, 0.05) is 44.5 Å². The maximum atomic E-state index is 12.8. The largest absolute Gasteiger partial charge is 0.508 e. The van der Waals surface area contributed by atoms with Gasteiger partial charge in [-0.25, -0.2) is 0 Å². The Morgan fingerprint density at radius 1 is 0.814 bits per heavy atom. The summed E-state index contributed by atoms with van der Waals surface area (Å²) in [5.74, 6) is 0.0452. The molecule has 2 amide bonds. The fourth-order valence-corrected chi connectivity index (χ4v) is 7.39. The Morgan fingerprint density at radius 3 is 2.24 bits per heavy atom. The standard InChI is InChI=1S/C48H56N4O7/c1-52(31-44(55)37-12-10-13-39(54)27-37)30-40-28-45(35-21-19-33(32-53)20-22-35)59-48(58-40)36-25-23-34(24-26-36)41-14-7-6-11-38(41)29-50-46(56)17-4-2-3-5-18-47(57)51-43-16-9-8-15-42(43)49/h6-16,19-27,40,44-45,48,53-55H,2-5,17-18,28-32,49H2,1H3,(H,50,56)(H,51,57)/t40-,44+,45+,48+/m0/s1. The number of carbonyl (C=O) groups is 2. The van der Waals surface area contributed by atoms with E-state index in [1.807, 2.05) is 90.8 Å². The lowest BCUT2D eigenvalue weighted by atomic mass is 9.97. The second-order valence-corrected chi connectivity index (χ2v) is 15.3. The van der Waals surface area contributed by atoms with Crippen molar-refractivity contribution in [2.45, 2.75) is 82.7 Å². The first-order chi connectivity index (χ1) is 28.6. The van der Waals surface area contributed by atoms with Gasteiger partial charge in [0.15, 0.2) is 6.29 Å². The average Bonchev–Trinajstić information content (AvgIpc) is 3.25. The maximum absolute atomic E-state index is 12.8. The van der Waals surface area contributed by atoms with E-state index in [9.17, 15) is 24.9 Å². The Kier molecular flexibility index (Phi) is 15.6. The number of aliphatic hydroxyl groups excluding tert-OH is 2. The number of nitrogen functional groups attached to an aromatic ring is 1. The van der Waals surface area contributed by atoms with Gasteiger partial charge >= 0.3 is 0 Å². The van der Waals surface area contributed by atoms with Crippen LogP contribution in [-0.4, -0.2) is 58.3 Å². The van der Waals surface area contributed by atoms with Crippen LogP contribution in [0.15, 0.2) is 121 Å². The SMILES string of the molecule is CN(C[C@@H]1C[C@H](c2ccc(CO)cc2)O[C@H](c2ccc(-c3ccccc3CNC(=O)CCCCCCC(=O)Nc3ccccc3N)cc2)O1)C[C@@H](O)c1cccc(O)c1. The Labute approximate surface area is 346 Å². The number of likely N-dealkylation sites (N-methyl/N-ethyl adjacent to an activating group) is 1. The molecule has 0 saturated carbocycles. The first-order valence-electron chi connectivity index (χ1n) is 20.4. The Morgan fingerprint density at radius 2 is 1.51 bits per heavy atom. The Bertz CT molecular complexity index is 2110. The lowest BCUT2D eigenvalue weighted by Crippen LogP contribution is -2.39. The maximum Gasteiger partial charge on any atom is 0.224 e. The highest BCUT2D eigenvalue weighted by atomic mass is 16.7. The van der Waals surface area contributed by atoms with Gasteiger partial charge in [0.2, 0.25) is 11.8 Å². The van der Waals surface area contributed by atoms with Crippen LogP contribution in [0.2, 0.25) is 0 Å². The minimum absolute atomic E-state index is 0.00586. The number of aliphatic hydroxyl groups is 2. The topological polar surface area (TPSA) is 167 Å². The summed E-state index contributed by atoms with van der Waals surface area (Å²) in [6, 6.07) is 37.8. The molecule has 0 bridgehead atoms. The predicted octanol–water partition coefficient (Wildman–Crippen LogP) is 7.94. The third-order valence-electron chi connectivity index (χ3n) is 10.6. The second kappa shape index (κ2) is 21.4. The molecule has 1 heterocycles. The number of nitrogens with one attached hydrogen (secondary N) is 2. The number of amides is 2. The summed E-state index contributed by atoms with van der Waals surface area (Å²) < 4.78 is 13.2. The zero-order chi connectivity index (χ0) is 41.6. The van der Waals surface area contributed by atoms with Crippen molar-refractivity contribution in [1.29, 1.82) is 0 Å². The molecule has 7 N–H and O–H groups in total. The van der Waals surface area contributed by atoms with E-state index in [2.05, 4.69) is 16.7 Å². The first kappa shape index (κ1) is 43.0. The molecule has 59 heavy (non-hydrogen) atoms. The number of rotatable bonds is 19. The van der Waals surface area contributed by atoms with Crippen LogP contribution in [-0.2, 0) is 32.2 Å². The molecule has 11 nitrogen and oxygen atoms in total. The molecule has 0 spiro atoms. The number of nitrogens with two attached hydrogens (primary N) is 1. The van der Waals surface area contributed by atoms with E-state index in [-0.39, 0.29) is 36.4 Å². The zero-order valence-corrected chi connectivity index (χ0v) is 33.6. The summed E-state index contributed by atoms with van der Waals surface area (Å²) in [5.41, 5.74) is 13.4. The molecule has 310 valence electrons. The highest BCUT2D eigenvalue weighted by Crippen LogP contribution is 2.39. The number of anilines is 2. The number of unbranched alkanes of at least 4 members (excludes halogenated alkanes) is 3. The first-order valence-corrected chi connectivity index (χ1v) is 20.4. The van der Waals surface area contributed by atoms with Gasteiger partial charge in [-0.1, -0.05) is 110 Å². The molecule has 11 heteroatoms. The number of benzene rings is 5. The van der Waals surface area contributed by atoms with Crippen LogP contribution in [0.3, 0.4) is 0 Å². The zero-order valence-electron chi connectivity index (χ0n) is 33.6. The van der Waals surface area contributed by atoms with Crippen molar-refractivity contribution in [2.75, 3.05) is 31.2 Å². The van der Waals surface area contributed by atoms with E-state index in [0.717, 1.165) is 59.1 Å². The molecule has 1 fully saturated rings. The Hall–Kier alpha value is -5.56. The molecule has 0 aromatic heterocycles. The van der Waals surface area contributed by atoms with Gasteiger partial charge in [0.1, 0.15) is 5.75 Å². The van der Waals surface area contributed by atoms with Crippen molar-refractivity contribution in [2.24, 2.45) is 0 Å². The lowest BCUT2D eigenvalue weighted by molar-refractivity contribution is -0.252. The molecular weight excluding hydrogens is 745 g/mol. The fraction of sp³-hybridized carbons (Fsp3) is 0.333. The van der Waals surface area contributed by atoms with E-state index in [4.69, 9.17) is 15.2 Å². The highest BCUT2D eigenvalue weighted by Gasteiger charge is 2.33. The van der Waals surface area contributed by atoms with Gasteiger partial charge in [-0.3, -0.25) is 9.59 Å². The minimum atomic E-state index is -0.780. The highest BCUT2D eigenvalue weighted by molar-refractivity contribution is 5.93. The van der Waals surface area contributed by atoms with Crippen LogP contribution in [0.4, 0.5) is 11.4 Å². The molecule has 4 atom stereocenters. The Balaban J connectivity index is 1.02. The molecule has 6 rings (SSSR count). The van der Waals surface area contributed by atoms with E-state index >= 15 is 0 Å². The molecular formula is C48H56N4O7. The van der Waals surface area contributed by atoms with Crippen molar-refractivity contribution < 1.29 is 34.4 Å². The summed E-state index contributed by atoms with van der Waals surface area (Å²) in [7, 11) is 1.94. The van der Waals surface area contributed by atoms with Crippen molar-refractivity contribution in [1.82, 2.24) is 10.2 Å². The molecule has 1 aliphatic heterocycles. The summed E-state index contributed by atoms with van der Waals surface area (Å²) >= 11 is 0. The molecule has 0 radical (unpaired) electrons. The van der Waals surface area contributed by atoms with Gasteiger partial charge in [-0.15, -0.1) is 0 Å². The molecule has 5 aromatic rings. The van der Waals surface area contributed by atoms with Gasteiger partial charge in [-0.05, 0) is 77.5 Å². The fourth-order valence-electron chi connectivity index (χ4n) is 7.39. The molecule has 0 unspecified atom stereocenters. The smallest absolute Gasteiger partial charge is 0.224 e. The second-order valence-electron chi connectivity index (χ2n) is 15.3. The third-order valence-corrected chi connectivity index (χ3v) is 10.6. The van der Waals surface area contributed by atoms with Crippen LogP contribution in [0, 0.1) is 0 Å². The number of hydrogen-bond acceptors (Lipinski definition) is 9. The van der Waals surface area contributed by atoms with Crippen LogP contribution >= 0.6 is 0 Å². The normalized spacial score (nSPS) is 17.1. The van der Waals surface area contributed by atoms with Crippen molar-refractivity contribution in [3.8, 4) is 16.9 Å². The van der Waals surface area contributed by atoms with Crippen molar-refractivity contribution in [3.05, 3.63) is 149 Å². The predicted molar refractivity (Wildman–Crippen MR) is 230 cm³/mol. The van der Waals surface area contributed by atoms with Gasteiger partial charge < -0.3 is 46.1 Å². The number of phenolic OH excluding ortho intramolecular Hbond substituents is 1. The van der Waals surface area contributed by atoms with Gasteiger partial charge in [-0.2, -0.15) is 0 Å². The summed E-state index contributed by atoms with van der Waals surface area (Å²) in [6.07, 6.45) is 2.76. The van der Waals surface area contributed by atoms with Gasteiger partial charge in [0.25, 0.3) is 0 Å². The number of phenols is 1. The summed E-state index contributed by atoms with van der Waals surface area (Å²) in [5, 5.41) is 36.3. The number of ether oxygens (including phenoxy) is 2. The number of carbonyl (C=O) groups excluding carboxylic acids is 2. The number of para-hydroxylation sites is 2. The third kappa shape index (κ3) is 12.7. The average molecular weight is 801 g/mol. The van der Waals surface area contributed by atoms with E-state index < -0.39 is 12.4 Å². The minimum Gasteiger partial charge on any atom is -0.508 e. The van der Waals surface area contributed by atoms with Crippen LogP contribution in [0.25, 0.3) is 11.1 Å². The number of hydrogen-bond donors (Lipinski definition) is 6. The molecule has 5 aromatic carbocycles. The number of nitrogens with zero attached hydrogens (tertiary/aromatic N) is 1. The monoisotopic (exact) mass is 800 g/mol. The molecule has 1 saturated heterocycles. The van der Waals surface area contributed by atoms with Crippen LogP contribution in [0.1, 0.15) is 91.3 Å². The van der Waals surface area contributed by atoms with E-state index in [1.54, 1.807) is 36.4 Å². The summed E-state index contributed by atoms with van der Waals surface area (Å²) in [6.45, 7) is 1.27. The van der Waals surface area contributed by atoms with Crippen LogP contribution in [0.5, 0.6) is 5.75 Å². The summed E-state index contributed by atoms with van der Waals surface area (Å²) in [4.78, 5) is 27.1. The van der Waals surface area contributed by atoms with E-state index in [0.29, 0.717) is 55.8 Å². The lowest BCUT2D eigenvalue weighted by Gasteiger charge is -2.38. The van der Waals surface area contributed by atoms with Crippen molar-refractivity contribution >= 4 is 23.2 Å². The molecule has 0 aliphatic carbocycles. The van der Waals surface area contributed by atoms with Gasteiger partial charge in [0.05, 0.1) is 36.3 Å². The van der Waals surface area contributed by atoms with Crippen molar-refractivity contribution in [3.63, 3.8) is 0 Å². The van der Waals surface area contributed by atoms with Crippen LogP contribution < -0.4 is 16.4 Å². The molecule has 1 aliphatic rings. The number of aromatic hydroxyl groups is 1. The van der Waals surface area contributed by atoms with E-state index in [1.165, 1.54) is 0 Å². The quantitative estimate of drug-likeness (QED) is 0.0359.